The van der Waals surface area contributed by atoms with Gasteiger partial charge in [0.1, 0.15) is 24.4 Å². The van der Waals surface area contributed by atoms with Crippen LogP contribution in [-0.4, -0.2) is 110 Å². The molecule has 8 N–H and O–H groups in total. The molecule has 0 aromatic rings. The summed E-state index contributed by atoms with van der Waals surface area (Å²) in [5, 5.41) is 70.5. The molecule has 11 unspecified atom stereocenters. The third-order valence-electron chi connectivity index (χ3n) is 16.5. The fourth-order valence-electron chi connectivity index (χ4n) is 13.6. The maximum Gasteiger partial charge on any atom is 0.186 e. The maximum atomic E-state index is 11.5. The monoisotopic (exact) mass is 855 g/mol. The molecule has 10 nitrogen and oxygen atoms in total. The molecule has 8 fully saturated rings. The van der Waals surface area contributed by atoms with Crippen LogP contribution in [0.3, 0.4) is 0 Å². The van der Waals surface area contributed by atoms with E-state index in [0.29, 0.717) is 10.7 Å². The number of alkyl halides is 1. The summed E-state index contributed by atoms with van der Waals surface area (Å²) in [5.41, 5.74) is 0.816. The Labute approximate surface area is 346 Å². The fourth-order valence-corrected chi connectivity index (χ4v) is 15.7. The zero-order chi connectivity index (χ0) is 39.5. The average Bonchev–Trinajstić information content (AvgIpc) is 3.67. The Kier molecular flexibility index (Phi) is 15.7. The van der Waals surface area contributed by atoms with E-state index < -0.39 is 55.4 Å². The van der Waals surface area contributed by atoms with Crippen molar-refractivity contribution < 1.29 is 40.1 Å². The van der Waals surface area contributed by atoms with Crippen molar-refractivity contribution in [1.29, 1.82) is 0 Å². The molecular weight excluding hydrogens is 776 g/mol. The molecule has 0 aromatic heterocycles. The summed E-state index contributed by atoms with van der Waals surface area (Å²) in [4.78, 5) is 0. The van der Waals surface area contributed by atoms with Crippen molar-refractivity contribution in [2.24, 2.45) is 46.8 Å². The van der Waals surface area contributed by atoms with Crippen molar-refractivity contribution in [3.05, 3.63) is 0 Å². The molecule has 0 spiro atoms. The van der Waals surface area contributed by atoms with Crippen molar-refractivity contribution in [1.82, 2.24) is 10.6 Å². The van der Waals surface area contributed by atoms with E-state index in [9.17, 15) is 30.6 Å². The van der Waals surface area contributed by atoms with Crippen molar-refractivity contribution in [2.75, 3.05) is 19.8 Å². The number of rotatable bonds is 31. The van der Waals surface area contributed by atoms with Crippen LogP contribution in [0.2, 0.25) is 0 Å². The van der Waals surface area contributed by atoms with Gasteiger partial charge in [-0.15, -0.1) is 0 Å². The minimum atomic E-state index is -1.54. The predicted molar refractivity (Wildman–Crippen MR) is 221 cm³/mol. The Hall–Kier alpha value is 0.0800. The quantitative estimate of drug-likeness (QED) is 0.0311. The van der Waals surface area contributed by atoms with Crippen LogP contribution in [0.15, 0.2) is 0 Å². The molecule has 2 aliphatic heterocycles. The zero-order valence-corrected chi connectivity index (χ0v) is 36.1. The molecule has 2 heterocycles. The molecule has 0 bridgehead atoms. The Bertz CT molecular complexity index is 1190. The highest BCUT2D eigenvalue weighted by Gasteiger charge is 3.08. The lowest BCUT2D eigenvalue weighted by molar-refractivity contribution is -0.595. The van der Waals surface area contributed by atoms with Gasteiger partial charge in [0.25, 0.3) is 0 Å². The second-order valence-corrected chi connectivity index (χ2v) is 21.0. The number of ether oxygens (including phenoxy) is 2. The topological polar surface area (TPSA) is 164 Å². The molecule has 6 aliphatic carbocycles. The molecular formula is C45H79BrN2O8. The molecule has 6 saturated carbocycles. The number of hydrogen-bond donors (Lipinski definition) is 8. The van der Waals surface area contributed by atoms with Gasteiger partial charge in [-0.2, -0.15) is 0 Å². The van der Waals surface area contributed by atoms with Crippen LogP contribution in [0.4, 0.5) is 0 Å². The molecule has 324 valence electrons. The van der Waals surface area contributed by atoms with Gasteiger partial charge < -0.3 is 40.1 Å². The Balaban J connectivity index is 0.766. The van der Waals surface area contributed by atoms with E-state index >= 15 is 0 Å². The number of hydrogen-bond acceptors (Lipinski definition) is 10. The van der Waals surface area contributed by atoms with Crippen LogP contribution in [0, 0.1) is 46.8 Å². The van der Waals surface area contributed by atoms with E-state index in [4.69, 9.17) is 9.47 Å². The highest BCUT2D eigenvalue weighted by molar-refractivity contribution is 9.10. The van der Waals surface area contributed by atoms with E-state index in [1.807, 2.05) is 0 Å². The number of aliphatic hydroxyl groups excluding tert-OH is 6. The normalized spacial score (nSPS) is 42.5. The van der Waals surface area contributed by atoms with Gasteiger partial charge >= 0.3 is 0 Å². The molecule has 0 radical (unpaired) electrons. The first-order valence-electron chi connectivity index (χ1n) is 23.7. The van der Waals surface area contributed by atoms with Crippen molar-refractivity contribution in [3.8, 4) is 0 Å². The van der Waals surface area contributed by atoms with Crippen LogP contribution in [0.5, 0.6) is 0 Å². The highest BCUT2D eigenvalue weighted by atomic mass is 79.9. The number of unbranched alkanes of at least 4 members (excludes halogenated alkanes) is 18. The second kappa shape index (κ2) is 19.9. The number of halogens is 1. The summed E-state index contributed by atoms with van der Waals surface area (Å²) in [6.45, 7) is 2.41. The fraction of sp³-hybridized carbons (Fsp3) is 1.00. The lowest BCUT2D eigenvalue weighted by atomic mass is 8.96. The molecule has 8 aliphatic rings. The van der Waals surface area contributed by atoms with Gasteiger partial charge in [-0.05, 0) is 60.2 Å². The first kappa shape index (κ1) is 44.1. The summed E-state index contributed by atoms with van der Waals surface area (Å²) in [6, 6.07) is 0.245. The van der Waals surface area contributed by atoms with Gasteiger partial charge in [0.05, 0.1) is 31.6 Å². The SMILES string of the molecule is CCCCCCCCCCCCCC[C@@H](O)[C@@H](O)[C@H](COC1OC(CO)C(O)C(O)C1O)C1NCC(CCCCCCCCCCC23C4C5C6C4C2C6(Br)C53)N1. The average molecular weight is 856 g/mol. The summed E-state index contributed by atoms with van der Waals surface area (Å²) in [6.07, 6.45) is 19.1. The van der Waals surface area contributed by atoms with Crippen LogP contribution in [0.25, 0.3) is 0 Å². The lowest BCUT2D eigenvalue weighted by Crippen LogP contribution is -3.11. The van der Waals surface area contributed by atoms with Crippen molar-refractivity contribution in [3.63, 3.8) is 0 Å². The molecule has 0 aromatic carbocycles. The summed E-state index contributed by atoms with van der Waals surface area (Å²) >= 11 is 4.15. The molecule has 11 heteroatoms. The molecule has 2 saturated heterocycles. The van der Waals surface area contributed by atoms with E-state index in [1.165, 1.54) is 109 Å². The van der Waals surface area contributed by atoms with Crippen LogP contribution in [0.1, 0.15) is 155 Å². The van der Waals surface area contributed by atoms with Gasteiger partial charge in [0, 0.05) is 22.8 Å². The van der Waals surface area contributed by atoms with E-state index in [0.717, 1.165) is 79.6 Å². The van der Waals surface area contributed by atoms with Gasteiger partial charge in [-0.3, -0.25) is 10.6 Å². The van der Waals surface area contributed by atoms with Gasteiger partial charge in [0.2, 0.25) is 0 Å². The Morgan fingerprint density at radius 2 is 1.30 bits per heavy atom. The molecule has 8 rings (SSSR count). The van der Waals surface area contributed by atoms with Gasteiger partial charge in [-0.25, -0.2) is 0 Å². The number of aliphatic hydroxyl groups is 6. The van der Waals surface area contributed by atoms with Crippen LogP contribution < -0.4 is 10.6 Å². The predicted octanol–water partition coefficient (Wildman–Crippen LogP) is 5.91. The first-order valence-corrected chi connectivity index (χ1v) is 24.5. The minimum absolute atomic E-state index is 0.0573. The van der Waals surface area contributed by atoms with E-state index in [1.54, 1.807) is 0 Å². The summed E-state index contributed by atoms with van der Waals surface area (Å²) < 4.78 is 12.2. The third kappa shape index (κ3) is 8.23. The lowest BCUT2D eigenvalue weighted by Gasteiger charge is -3.11. The van der Waals surface area contributed by atoms with Gasteiger partial charge in [0.15, 0.2) is 6.29 Å². The Morgan fingerprint density at radius 3 is 1.89 bits per heavy atom. The first-order chi connectivity index (χ1) is 27.2. The number of nitrogens with one attached hydrogen (secondary N) is 2. The largest absolute Gasteiger partial charge is 0.394 e. The molecule has 0 amide bonds. The minimum Gasteiger partial charge on any atom is -0.394 e. The summed E-state index contributed by atoms with van der Waals surface area (Å²) in [5.74, 6) is 6.12. The zero-order valence-electron chi connectivity index (χ0n) is 34.5. The Morgan fingerprint density at radius 1 is 0.732 bits per heavy atom. The van der Waals surface area contributed by atoms with Crippen LogP contribution in [-0.2, 0) is 9.47 Å². The highest BCUT2D eigenvalue weighted by Crippen LogP contribution is 3.09. The third-order valence-corrected chi connectivity index (χ3v) is 18.0. The van der Waals surface area contributed by atoms with E-state index in [2.05, 4.69) is 33.5 Å². The second-order valence-electron chi connectivity index (χ2n) is 19.6. The van der Waals surface area contributed by atoms with Crippen molar-refractivity contribution >= 4 is 15.9 Å². The van der Waals surface area contributed by atoms with E-state index in [-0.39, 0.29) is 18.8 Å². The van der Waals surface area contributed by atoms with Crippen molar-refractivity contribution in [2.45, 2.75) is 214 Å². The smallest absolute Gasteiger partial charge is 0.186 e. The standard InChI is InChI=1S/C45H79BrN2O8/c1-2-3-4-5-6-7-8-9-10-14-17-20-23-30(50)36(51)29(27-55-43-39(54)38(53)37(52)31(26-49)56-43)42-47-25-28(48-42)22-19-16-13-11-12-15-18-21-24-44-34-32-35-33(34)41(44)45(35,46)40(32)44/h28-43,47-54H,2-27H2,1H3/t28?,29-,30+,31?,32?,33?,34?,35?,36-,37?,38?,39?,40?,41?,42?,43?,44?,45?/m0/s1. The maximum absolute atomic E-state index is 11.5. The summed E-state index contributed by atoms with van der Waals surface area (Å²) in [7, 11) is 0. The van der Waals surface area contributed by atoms with Gasteiger partial charge in [-0.1, -0.05) is 151 Å². The molecule has 14 atom stereocenters. The molecule has 56 heavy (non-hydrogen) atoms. The van der Waals surface area contributed by atoms with Crippen LogP contribution >= 0.6 is 15.9 Å².